The van der Waals surface area contributed by atoms with Gasteiger partial charge >= 0.3 is 0 Å². The summed E-state index contributed by atoms with van der Waals surface area (Å²) in [5.41, 5.74) is 3.95. The standard InChI is InChI=1S/C12H6BrNO/c13-9-2-3-10-8(6-9)5-7-1-4-11(15)14-12(7)10/h1-6H. The maximum atomic E-state index is 11.2. The van der Waals surface area contributed by atoms with E-state index in [9.17, 15) is 4.79 Å². The van der Waals surface area contributed by atoms with Crippen LogP contribution in [-0.2, 0) is 4.79 Å². The second-order valence-corrected chi connectivity index (χ2v) is 4.38. The first-order valence-corrected chi connectivity index (χ1v) is 5.36. The van der Waals surface area contributed by atoms with E-state index in [0.717, 1.165) is 26.9 Å². The first-order chi connectivity index (χ1) is 7.24. The summed E-state index contributed by atoms with van der Waals surface area (Å²) in [6, 6.07) is 5.97. The average molecular weight is 260 g/mol. The van der Waals surface area contributed by atoms with Gasteiger partial charge in [-0.3, -0.25) is 4.79 Å². The highest BCUT2D eigenvalue weighted by atomic mass is 79.9. The monoisotopic (exact) mass is 259 g/mol. The number of hydrogen-bond acceptors (Lipinski definition) is 1. The molecule has 3 heteroatoms. The Hall–Kier alpha value is -1.48. The van der Waals surface area contributed by atoms with Crippen molar-refractivity contribution in [3.63, 3.8) is 0 Å². The molecule has 0 aromatic heterocycles. The molecule has 1 aliphatic heterocycles. The topological polar surface area (TPSA) is 29.4 Å². The largest absolute Gasteiger partial charge is 0.270 e. The third-order valence-corrected chi connectivity index (χ3v) is 2.97. The lowest BCUT2D eigenvalue weighted by atomic mass is 10.1. The number of aliphatic imine (C=N–C) groups is 1. The van der Waals surface area contributed by atoms with E-state index < -0.39 is 0 Å². The summed E-state index contributed by atoms with van der Waals surface area (Å²) in [4.78, 5) is 15.2. The summed E-state index contributed by atoms with van der Waals surface area (Å²) in [5.74, 6) is -0.182. The predicted octanol–water partition coefficient (Wildman–Crippen LogP) is 2.73. The molecule has 2 nitrogen and oxygen atoms in total. The summed E-state index contributed by atoms with van der Waals surface area (Å²) in [6.45, 7) is 0. The molecule has 2 aliphatic rings. The van der Waals surface area contributed by atoms with Gasteiger partial charge in [0, 0.05) is 21.7 Å². The van der Waals surface area contributed by atoms with Crippen LogP contribution in [0.2, 0.25) is 0 Å². The highest BCUT2D eigenvalue weighted by molar-refractivity contribution is 9.10. The predicted molar refractivity (Wildman–Crippen MR) is 62.8 cm³/mol. The van der Waals surface area contributed by atoms with Crippen molar-refractivity contribution in [3.8, 4) is 0 Å². The Balaban J connectivity index is 2.25. The van der Waals surface area contributed by atoms with Gasteiger partial charge in [-0.2, -0.15) is 0 Å². The Morgan fingerprint density at radius 2 is 2.07 bits per heavy atom. The van der Waals surface area contributed by atoms with E-state index in [-0.39, 0.29) is 5.91 Å². The number of allylic oxidation sites excluding steroid dienone is 2. The Bertz CT molecular complexity index is 567. The van der Waals surface area contributed by atoms with Crippen molar-refractivity contribution in [1.29, 1.82) is 0 Å². The molecule has 1 heterocycles. The molecular weight excluding hydrogens is 254 g/mol. The van der Waals surface area contributed by atoms with Crippen LogP contribution in [0.25, 0.3) is 6.08 Å². The van der Waals surface area contributed by atoms with Crippen LogP contribution in [0.15, 0.2) is 45.4 Å². The zero-order chi connectivity index (χ0) is 10.4. The number of benzene rings is 1. The molecule has 1 amide bonds. The maximum absolute atomic E-state index is 11.2. The quantitative estimate of drug-likeness (QED) is 0.705. The number of nitrogens with zero attached hydrogens (tertiary/aromatic N) is 1. The summed E-state index contributed by atoms with van der Waals surface area (Å²) < 4.78 is 1.03. The lowest BCUT2D eigenvalue weighted by Gasteiger charge is -2.05. The summed E-state index contributed by atoms with van der Waals surface area (Å²) >= 11 is 3.42. The molecule has 0 N–H and O–H groups in total. The van der Waals surface area contributed by atoms with E-state index in [4.69, 9.17) is 0 Å². The fourth-order valence-electron chi connectivity index (χ4n) is 1.82. The number of rotatable bonds is 0. The van der Waals surface area contributed by atoms with Gasteiger partial charge in [0.1, 0.15) is 0 Å². The third kappa shape index (κ3) is 1.31. The molecule has 0 unspecified atom stereocenters. The maximum Gasteiger partial charge on any atom is 0.270 e. The van der Waals surface area contributed by atoms with Crippen molar-refractivity contribution in [2.24, 2.45) is 4.99 Å². The summed E-state index contributed by atoms with van der Waals surface area (Å²) in [5, 5.41) is 0. The Kier molecular flexibility index (Phi) is 1.76. The van der Waals surface area contributed by atoms with Crippen LogP contribution < -0.4 is 0 Å². The van der Waals surface area contributed by atoms with Crippen molar-refractivity contribution in [2.75, 3.05) is 0 Å². The van der Waals surface area contributed by atoms with E-state index >= 15 is 0 Å². The van der Waals surface area contributed by atoms with Crippen molar-refractivity contribution < 1.29 is 4.79 Å². The van der Waals surface area contributed by atoms with Crippen LogP contribution >= 0.6 is 15.9 Å². The van der Waals surface area contributed by atoms with Crippen LogP contribution in [-0.4, -0.2) is 11.6 Å². The molecule has 3 rings (SSSR count). The minimum absolute atomic E-state index is 0.182. The fourth-order valence-corrected chi connectivity index (χ4v) is 2.20. The molecule has 72 valence electrons. The molecular formula is C12H6BrNO. The minimum Gasteiger partial charge on any atom is -0.267 e. The van der Waals surface area contributed by atoms with Gasteiger partial charge in [-0.05, 0) is 29.8 Å². The number of carbonyl (C=O) groups excluding carboxylic acids is 1. The van der Waals surface area contributed by atoms with Gasteiger partial charge in [0.05, 0.1) is 5.71 Å². The molecule has 0 saturated carbocycles. The van der Waals surface area contributed by atoms with E-state index in [1.165, 1.54) is 6.08 Å². The van der Waals surface area contributed by atoms with E-state index in [0.29, 0.717) is 0 Å². The first-order valence-electron chi connectivity index (χ1n) is 4.57. The molecule has 0 radical (unpaired) electrons. The Morgan fingerprint density at radius 1 is 1.20 bits per heavy atom. The summed E-state index contributed by atoms with van der Waals surface area (Å²) in [7, 11) is 0. The zero-order valence-electron chi connectivity index (χ0n) is 7.70. The summed E-state index contributed by atoms with van der Waals surface area (Å²) in [6.07, 6.45) is 5.36. The highest BCUT2D eigenvalue weighted by Gasteiger charge is 2.21. The first kappa shape index (κ1) is 8.80. The van der Waals surface area contributed by atoms with Gasteiger partial charge < -0.3 is 0 Å². The smallest absolute Gasteiger partial charge is 0.267 e. The van der Waals surface area contributed by atoms with Crippen molar-refractivity contribution in [3.05, 3.63) is 51.5 Å². The molecule has 15 heavy (non-hydrogen) atoms. The van der Waals surface area contributed by atoms with Crippen molar-refractivity contribution in [1.82, 2.24) is 0 Å². The number of fused-ring (bicyclic) bond motifs is 3. The third-order valence-electron chi connectivity index (χ3n) is 2.48. The van der Waals surface area contributed by atoms with Gasteiger partial charge in [-0.25, -0.2) is 4.99 Å². The van der Waals surface area contributed by atoms with Gasteiger partial charge in [0.15, 0.2) is 0 Å². The number of carbonyl (C=O) groups is 1. The van der Waals surface area contributed by atoms with E-state index in [1.807, 2.05) is 30.4 Å². The zero-order valence-corrected chi connectivity index (χ0v) is 9.28. The van der Waals surface area contributed by atoms with E-state index in [1.54, 1.807) is 0 Å². The molecule has 0 spiro atoms. The van der Waals surface area contributed by atoms with Crippen LogP contribution in [0.1, 0.15) is 11.1 Å². The molecule has 1 aliphatic carbocycles. The van der Waals surface area contributed by atoms with E-state index in [2.05, 4.69) is 20.9 Å². The Labute approximate surface area is 95.2 Å². The molecule has 0 saturated heterocycles. The lowest BCUT2D eigenvalue weighted by Crippen LogP contribution is -2.07. The minimum atomic E-state index is -0.182. The van der Waals surface area contributed by atoms with Crippen molar-refractivity contribution in [2.45, 2.75) is 0 Å². The second-order valence-electron chi connectivity index (χ2n) is 3.46. The lowest BCUT2D eigenvalue weighted by molar-refractivity contribution is -0.113. The molecule has 1 aromatic rings. The van der Waals surface area contributed by atoms with Gasteiger partial charge in [0.2, 0.25) is 0 Å². The second kappa shape index (κ2) is 3.00. The highest BCUT2D eigenvalue weighted by Crippen LogP contribution is 2.30. The fraction of sp³-hybridized carbons (Fsp3) is 0. The Morgan fingerprint density at radius 3 is 2.93 bits per heavy atom. The number of dihydropyridines is 1. The number of halogens is 1. The van der Waals surface area contributed by atoms with Crippen molar-refractivity contribution >= 4 is 33.6 Å². The van der Waals surface area contributed by atoms with Gasteiger partial charge in [-0.15, -0.1) is 0 Å². The van der Waals surface area contributed by atoms with Crippen LogP contribution in [0.3, 0.4) is 0 Å². The molecule has 0 atom stereocenters. The molecule has 0 fully saturated rings. The van der Waals surface area contributed by atoms with Crippen LogP contribution in [0.5, 0.6) is 0 Å². The number of amides is 1. The van der Waals surface area contributed by atoms with Crippen LogP contribution in [0, 0.1) is 0 Å². The SMILES string of the molecule is O=C1C=CC2=Cc3cc(Br)ccc3C2=N1. The number of hydrogen-bond donors (Lipinski definition) is 0. The van der Waals surface area contributed by atoms with Gasteiger partial charge in [0.25, 0.3) is 5.91 Å². The molecule has 0 bridgehead atoms. The molecule has 1 aromatic carbocycles. The van der Waals surface area contributed by atoms with Gasteiger partial charge in [-0.1, -0.05) is 22.0 Å². The normalized spacial score (nSPS) is 17.0. The van der Waals surface area contributed by atoms with Crippen LogP contribution in [0.4, 0.5) is 0 Å². The average Bonchev–Trinajstić information content (AvgIpc) is 2.54.